The third kappa shape index (κ3) is 10.2. The summed E-state index contributed by atoms with van der Waals surface area (Å²) in [6.45, 7) is 4.45. The number of ether oxygens (including phenoxy) is 1. The zero-order valence-electron chi connectivity index (χ0n) is 19.1. The van der Waals surface area contributed by atoms with Crippen molar-refractivity contribution in [1.82, 2.24) is 9.80 Å². The number of hydrogen-bond donors (Lipinski definition) is 5. The molecule has 1 aliphatic heterocycles. The maximum Gasteiger partial charge on any atom is 0.320 e. The molecule has 0 radical (unpaired) electrons. The molecule has 1 saturated heterocycles. The Morgan fingerprint density at radius 2 is 1.66 bits per heavy atom. The lowest BCUT2D eigenvalue weighted by molar-refractivity contribution is -0.141. The van der Waals surface area contributed by atoms with Crippen LogP contribution in [0.25, 0.3) is 0 Å². The van der Waals surface area contributed by atoms with E-state index in [0.717, 1.165) is 0 Å². The number of amides is 2. The Balaban J connectivity index is 2.93. The summed E-state index contributed by atoms with van der Waals surface area (Å²) in [4.78, 5) is 39.3. The molecule has 1 heterocycles. The number of carboxylic acids is 1. The summed E-state index contributed by atoms with van der Waals surface area (Å²) in [7, 11) is 0. The van der Waals surface area contributed by atoms with Gasteiger partial charge >= 0.3 is 5.97 Å². The summed E-state index contributed by atoms with van der Waals surface area (Å²) in [5.41, 5.74) is 5.50. The van der Waals surface area contributed by atoms with Crippen LogP contribution >= 0.6 is 0 Å². The van der Waals surface area contributed by atoms with Gasteiger partial charge in [0.1, 0.15) is 24.4 Å². The first kappa shape index (κ1) is 28.2. The number of rotatable bonds is 6. The minimum Gasteiger partial charge on any atom is -0.480 e. The molecule has 11 nitrogen and oxygen atoms in total. The molecular formula is C21H39N3O8. The number of β-amino-alcohol motifs (C(OH)–C–C–N with tert-alkyl or cyclic N) is 1. The molecule has 2 amide bonds. The summed E-state index contributed by atoms with van der Waals surface area (Å²) in [5.74, 6) is -1.59. The standard InChI is InChI=1S/C21H39N3O8/c1-14(2)11-19(28)24-9-8-23(18(27)6-5-15(22)21(30)31)7-3-4-10-32-13-17(26)20(29)16(25)12-24/h14-17,20,25-26,29H,3-13,22H2,1-2H3,(H,30,31)/t15-,16-,17+,20+/m0/s1. The largest absolute Gasteiger partial charge is 0.480 e. The molecule has 1 rings (SSSR count). The van der Waals surface area contributed by atoms with Crippen molar-refractivity contribution in [3.8, 4) is 0 Å². The average Bonchev–Trinajstić information content (AvgIpc) is 2.72. The number of aliphatic hydroxyl groups excluding tert-OH is 3. The fraction of sp³-hybridized carbons (Fsp3) is 0.857. The minimum absolute atomic E-state index is 0.00651. The van der Waals surface area contributed by atoms with Crippen molar-refractivity contribution >= 4 is 17.8 Å². The first-order chi connectivity index (χ1) is 15.0. The van der Waals surface area contributed by atoms with Gasteiger partial charge in [0.05, 0.1) is 6.61 Å². The number of nitrogens with zero attached hydrogens (tertiary/aromatic N) is 2. The molecule has 4 atom stereocenters. The summed E-state index contributed by atoms with van der Waals surface area (Å²) < 4.78 is 5.35. The highest BCUT2D eigenvalue weighted by atomic mass is 16.5. The average molecular weight is 462 g/mol. The van der Waals surface area contributed by atoms with Crippen molar-refractivity contribution in [2.24, 2.45) is 11.7 Å². The van der Waals surface area contributed by atoms with Crippen molar-refractivity contribution in [3.05, 3.63) is 0 Å². The SMILES string of the molecule is CC(C)CC(=O)N1CCN(C(=O)CC[C@H](N)C(=O)O)CCCCOC[C@@H](O)[C@H](O)[C@@H](O)C1. The maximum absolute atomic E-state index is 12.7. The second kappa shape index (κ2) is 14.4. The van der Waals surface area contributed by atoms with Crippen LogP contribution in [0, 0.1) is 5.92 Å². The number of carbonyl (C=O) groups excluding carboxylic acids is 2. The predicted octanol–water partition coefficient (Wildman–Crippen LogP) is -1.23. The van der Waals surface area contributed by atoms with E-state index in [0.29, 0.717) is 26.0 Å². The second-order valence-electron chi connectivity index (χ2n) is 8.71. The molecule has 0 aromatic rings. The Kier molecular flexibility index (Phi) is 12.7. The van der Waals surface area contributed by atoms with Gasteiger partial charge < -0.3 is 40.7 Å². The molecule has 186 valence electrons. The van der Waals surface area contributed by atoms with Crippen molar-refractivity contribution in [3.63, 3.8) is 0 Å². The third-order valence-electron chi connectivity index (χ3n) is 5.37. The molecule has 1 aliphatic rings. The van der Waals surface area contributed by atoms with Crippen LogP contribution in [0.3, 0.4) is 0 Å². The van der Waals surface area contributed by atoms with Crippen LogP contribution < -0.4 is 5.73 Å². The molecule has 0 bridgehead atoms. The quantitative estimate of drug-likeness (QED) is 0.325. The van der Waals surface area contributed by atoms with E-state index < -0.39 is 30.3 Å². The van der Waals surface area contributed by atoms with Gasteiger partial charge in [0.2, 0.25) is 11.8 Å². The van der Waals surface area contributed by atoms with Gasteiger partial charge in [-0.1, -0.05) is 13.8 Å². The molecule has 0 aromatic carbocycles. The molecule has 0 spiro atoms. The molecule has 11 heteroatoms. The number of nitrogens with two attached hydrogens (primary N) is 1. The summed E-state index contributed by atoms with van der Waals surface area (Å²) >= 11 is 0. The number of aliphatic hydroxyl groups is 3. The lowest BCUT2D eigenvalue weighted by Gasteiger charge is -2.32. The first-order valence-corrected chi connectivity index (χ1v) is 11.2. The lowest BCUT2D eigenvalue weighted by Crippen LogP contribution is -2.50. The second-order valence-corrected chi connectivity index (χ2v) is 8.71. The molecule has 0 aromatic heterocycles. The number of hydrogen-bond acceptors (Lipinski definition) is 8. The maximum atomic E-state index is 12.7. The summed E-state index contributed by atoms with van der Waals surface area (Å²) in [6.07, 6.45) is -2.74. The highest BCUT2D eigenvalue weighted by Gasteiger charge is 2.29. The third-order valence-corrected chi connectivity index (χ3v) is 5.37. The van der Waals surface area contributed by atoms with Crippen molar-refractivity contribution < 1.29 is 39.5 Å². The van der Waals surface area contributed by atoms with E-state index in [-0.39, 0.29) is 63.2 Å². The molecule has 6 N–H and O–H groups in total. The molecular weight excluding hydrogens is 422 g/mol. The van der Waals surface area contributed by atoms with E-state index in [4.69, 9.17) is 15.6 Å². The van der Waals surface area contributed by atoms with Crippen LogP contribution in [0.2, 0.25) is 0 Å². The van der Waals surface area contributed by atoms with Crippen molar-refractivity contribution in [1.29, 1.82) is 0 Å². The van der Waals surface area contributed by atoms with Crippen LogP contribution in [0.15, 0.2) is 0 Å². The van der Waals surface area contributed by atoms with Gasteiger partial charge in [0, 0.05) is 45.6 Å². The van der Waals surface area contributed by atoms with E-state index in [1.165, 1.54) is 4.90 Å². The van der Waals surface area contributed by atoms with E-state index in [9.17, 15) is 29.7 Å². The molecule has 0 saturated carbocycles. The predicted molar refractivity (Wildman–Crippen MR) is 116 cm³/mol. The number of carboxylic acid groups (broad SMARTS) is 1. The minimum atomic E-state index is -1.48. The van der Waals surface area contributed by atoms with E-state index >= 15 is 0 Å². The topological polar surface area (TPSA) is 174 Å². The van der Waals surface area contributed by atoms with E-state index in [2.05, 4.69) is 0 Å². The van der Waals surface area contributed by atoms with Crippen LogP contribution in [-0.4, -0.2) is 112 Å². The van der Waals surface area contributed by atoms with Gasteiger partial charge in [-0.2, -0.15) is 0 Å². The Bertz CT molecular complexity index is 604. The Hall–Kier alpha value is -1.79. The van der Waals surface area contributed by atoms with Gasteiger partial charge in [-0.05, 0) is 25.2 Å². The summed E-state index contributed by atoms with van der Waals surface area (Å²) in [5, 5.41) is 39.5. The Morgan fingerprint density at radius 3 is 2.28 bits per heavy atom. The molecule has 1 fully saturated rings. The van der Waals surface area contributed by atoms with Crippen LogP contribution in [0.4, 0.5) is 0 Å². The molecule has 0 unspecified atom stereocenters. The Morgan fingerprint density at radius 1 is 1.00 bits per heavy atom. The number of aliphatic carboxylic acids is 1. The van der Waals surface area contributed by atoms with Gasteiger partial charge in [-0.3, -0.25) is 14.4 Å². The van der Waals surface area contributed by atoms with Crippen molar-refractivity contribution in [2.45, 2.75) is 70.3 Å². The highest BCUT2D eigenvalue weighted by molar-refractivity contribution is 5.79. The van der Waals surface area contributed by atoms with Crippen molar-refractivity contribution in [2.75, 3.05) is 39.4 Å². The smallest absolute Gasteiger partial charge is 0.320 e. The van der Waals surface area contributed by atoms with E-state index in [1.807, 2.05) is 13.8 Å². The Labute approximate surface area is 189 Å². The molecule has 32 heavy (non-hydrogen) atoms. The van der Waals surface area contributed by atoms with Gasteiger partial charge in [-0.25, -0.2) is 0 Å². The van der Waals surface area contributed by atoms with Crippen LogP contribution in [0.5, 0.6) is 0 Å². The highest BCUT2D eigenvalue weighted by Crippen LogP contribution is 2.11. The zero-order valence-corrected chi connectivity index (χ0v) is 19.1. The van der Waals surface area contributed by atoms with Gasteiger partial charge in [-0.15, -0.1) is 0 Å². The van der Waals surface area contributed by atoms with Crippen LogP contribution in [-0.2, 0) is 19.1 Å². The lowest BCUT2D eigenvalue weighted by atomic mass is 10.1. The normalized spacial score (nSPS) is 25.3. The fourth-order valence-corrected chi connectivity index (χ4v) is 3.36. The zero-order chi connectivity index (χ0) is 24.3. The number of carbonyl (C=O) groups is 3. The van der Waals surface area contributed by atoms with E-state index in [1.54, 1.807) is 4.90 Å². The fourth-order valence-electron chi connectivity index (χ4n) is 3.36. The van der Waals surface area contributed by atoms with Gasteiger partial charge in [0.25, 0.3) is 0 Å². The first-order valence-electron chi connectivity index (χ1n) is 11.2. The summed E-state index contributed by atoms with van der Waals surface area (Å²) in [6, 6.07) is -1.13. The van der Waals surface area contributed by atoms with Gasteiger partial charge in [0.15, 0.2) is 0 Å². The molecule has 0 aliphatic carbocycles. The van der Waals surface area contributed by atoms with Crippen LogP contribution in [0.1, 0.15) is 46.0 Å². The monoisotopic (exact) mass is 461 g/mol.